The van der Waals surface area contributed by atoms with Crippen LogP contribution in [0.1, 0.15) is 27.7 Å². The van der Waals surface area contributed by atoms with E-state index in [-0.39, 0.29) is 5.60 Å². The lowest BCUT2D eigenvalue weighted by Gasteiger charge is -2.37. The van der Waals surface area contributed by atoms with Crippen LogP contribution >= 0.6 is 0 Å². The van der Waals surface area contributed by atoms with Crippen molar-refractivity contribution in [2.24, 2.45) is 4.99 Å². The van der Waals surface area contributed by atoms with E-state index in [1.807, 2.05) is 13.8 Å². The molecule has 1 atom stereocenters. The molecule has 1 aliphatic rings. The molecule has 11 heavy (non-hydrogen) atoms. The average molecular weight is 157 g/mol. The highest BCUT2D eigenvalue weighted by molar-refractivity contribution is 5.88. The zero-order valence-corrected chi connectivity index (χ0v) is 7.51. The molecule has 0 saturated carbocycles. The fraction of sp³-hybridized carbons (Fsp3) is 0.875. The lowest BCUT2D eigenvalue weighted by atomic mass is 10.1. The lowest BCUT2D eigenvalue weighted by Crippen LogP contribution is -2.49. The SMILES string of the molecule is CC1=NCC(C)(C)OC1(C)O. The van der Waals surface area contributed by atoms with Gasteiger partial charge in [-0.3, -0.25) is 4.99 Å². The Balaban J connectivity index is 2.86. The molecule has 0 radical (unpaired) electrons. The molecule has 0 aromatic rings. The predicted octanol–water partition coefficient (Wildman–Crippen LogP) is 0.965. The molecule has 0 amide bonds. The predicted molar refractivity (Wildman–Crippen MR) is 43.8 cm³/mol. The maximum absolute atomic E-state index is 9.63. The summed E-state index contributed by atoms with van der Waals surface area (Å²) < 4.78 is 5.40. The minimum atomic E-state index is -1.18. The number of hydrogen-bond acceptors (Lipinski definition) is 3. The summed E-state index contributed by atoms with van der Waals surface area (Å²) in [6.45, 7) is 7.84. The van der Waals surface area contributed by atoms with Crippen LogP contribution in [0.15, 0.2) is 4.99 Å². The van der Waals surface area contributed by atoms with Crippen LogP contribution in [0.2, 0.25) is 0 Å². The lowest BCUT2D eigenvalue weighted by molar-refractivity contribution is -0.206. The zero-order chi connectivity index (χ0) is 8.70. The largest absolute Gasteiger partial charge is 0.361 e. The summed E-state index contributed by atoms with van der Waals surface area (Å²) in [5.41, 5.74) is 0.306. The second kappa shape index (κ2) is 2.29. The van der Waals surface area contributed by atoms with Crippen molar-refractivity contribution in [3.8, 4) is 0 Å². The van der Waals surface area contributed by atoms with Crippen molar-refractivity contribution in [3.05, 3.63) is 0 Å². The highest BCUT2D eigenvalue weighted by Gasteiger charge is 2.37. The topological polar surface area (TPSA) is 41.8 Å². The number of rotatable bonds is 0. The number of ether oxygens (including phenoxy) is 1. The van der Waals surface area contributed by atoms with E-state index in [0.29, 0.717) is 12.3 Å². The Hall–Kier alpha value is -0.410. The van der Waals surface area contributed by atoms with E-state index in [9.17, 15) is 5.11 Å². The maximum atomic E-state index is 9.63. The van der Waals surface area contributed by atoms with Gasteiger partial charge in [0.05, 0.1) is 17.9 Å². The molecule has 1 aliphatic heterocycles. The Morgan fingerprint density at radius 3 is 2.36 bits per heavy atom. The van der Waals surface area contributed by atoms with Gasteiger partial charge >= 0.3 is 0 Å². The third-order valence-corrected chi connectivity index (χ3v) is 1.84. The summed E-state index contributed by atoms with van der Waals surface area (Å²) in [6, 6.07) is 0. The standard InChI is InChI=1S/C8H15NO2/c1-6-8(4,10)11-7(2,3)5-9-6/h10H,5H2,1-4H3. The van der Waals surface area contributed by atoms with Crippen molar-refractivity contribution in [1.29, 1.82) is 0 Å². The molecule has 0 spiro atoms. The fourth-order valence-electron chi connectivity index (χ4n) is 1.10. The fourth-order valence-corrected chi connectivity index (χ4v) is 1.10. The van der Waals surface area contributed by atoms with Crippen molar-refractivity contribution >= 4 is 5.71 Å². The maximum Gasteiger partial charge on any atom is 0.202 e. The van der Waals surface area contributed by atoms with Gasteiger partial charge in [-0.05, 0) is 27.7 Å². The van der Waals surface area contributed by atoms with Crippen LogP contribution in [0.25, 0.3) is 0 Å². The second-order valence-corrected chi connectivity index (χ2v) is 3.75. The van der Waals surface area contributed by atoms with Crippen molar-refractivity contribution < 1.29 is 9.84 Å². The zero-order valence-electron chi connectivity index (χ0n) is 7.51. The van der Waals surface area contributed by atoms with Gasteiger partial charge in [-0.2, -0.15) is 0 Å². The Morgan fingerprint density at radius 2 is 2.00 bits per heavy atom. The van der Waals surface area contributed by atoms with Crippen LogP contribution in [0, 0.1) is 0 Å². The minimum absolute atomic E-state index is 0.344. The van der Waals surface area contributed by atoms with E-state index in [1.165, 1.54) is 0 Å². The molecule has 64 valence electrons. The van der Waals surface area contributed by atoms with Gasteiger partial charge in [0.1, 0.15) is 0 Å². The molecule has 0 bridgehead atoms. The van der Waals surface area contributed by atoms with Gasteiger partial charge in [-0.25, -0.2) is 0 Å². The number of nitrogens with zero attached hydrogens (tertiary/aromatic N) is 1. The highest BCUT2D eigenvalue weighted by atomic mass is 16.6. The van der Waals surface area contributed by atoms with Gasteiger partial charge in [0.15, 0.2) is 0 Å². The quantitative estimate of drug-likeness (QED) is 0.569. The smallest absolute Gasteiger partial charge is 0.202 e. The first kappa shape index (κ1) is 8.68. The first-order chi connectivity index (χ1) is 4.83. The average Bonchev–Trinajstić information content (AvgIpc) is 1.77. The molecule has 0 aliphatic carbocycles. The molecule has 3 nitrogen and oxygen atoms in total. The highest BCUT2D eigenvalue weighted by Crippen LogP contribution is 2.24. The Bertz CT molecular complexity index is 194. The molecule has 0 fully saturated rings. The summed E-state index contributed by atoms with van der Waals surface area (Å²) >= 11 is 0. The van der Waals surface area contributed by atoms with Gasteiger partial charge in [-0.15, -0.1) is 0 Å². The molecular weight excluding hydrogens is 142 g/mol. The van der Waals surface area contributed by atoms with Crippen LogP contribution < -0.4 is 0 Å². The number of hydrogen-bond donors (Lipinski definition) is 1. The Labute approximate surface area is 67.1 Å². The summed E-state index contributed by atoms with van der Waals surface area (Å²) in [6.07, 6.45) is 0. The first-order valence-corrected chi connectivity index (χ1v) is 3.78. The van der Waals surface area contributed by atoms with Gasteiger partial charge in [-0.1, -0.05) is 0 Å². The van der Waals surface area contributed by atoms with Gasteiger partial charge in [0.2, 0.25) is 5.79 Å². The molecule has 3 heteroatoms. The van der Waals surface area contributed by atoms with Gasteiger partial charge in [0.25, 0.3) is 0 Å². The third-order valence-electron chi connectivity index (χ3n) is 1.84. The van der Waals surface area contributed by atoms with E-state index in [1.54, 1.807) is 13.8 Å². The molecule has 1 heterocycles. The van der Waals surface area contributed by atoms with Crippen LogP contribution in [0.4, 0.5) is 0 Å². The molecule has 1 N–H and O–H groups in total. The number of aliphatic imine (C=N–C) groups is 1. The van der Waals surface area contributed by atoms with Crippen molar-refractivity contribution in [1.82, 2.24) is 0 Å². The summed E-state index contributed by atoms with van der Waals surface area (Å²) in [5.74, 6) is -1.18. The van der Waals surface area contributed by atoms with Crippen LogP contribution in [-0.4, -0.2) is 28.8 Å². The molecule has 0 aromatic carbocycles. The Kier molecular flexibility index (Phi) is 1.81. The third kappa shape index (κ3) is 1.79. The number of aliphatic hydroxyl groups is 1. The van der Waals surface area contributed by atoms with Crippen LogP contribution in [0.3, 0.4) is 0 Å². The molecular formula is C8H15NO2. The molecule has 0 aromatic heterocycles. The molecule has 1 rings (SSSR count). The van der Waals surface area contributed by atoms with E-state index in [2.05, 4.69) is 4.99 Å². The van der Waals surface area contributed by atoms with E-state index >= 15 is 0 Å². The van der Waals surface area contributed by atoms with Crippen molar-refractivity contribution in [2.75, 3.05) is 6.54 Å². The monoisotopic (exact) mass is 157 g/mol. The van der Waals surface area contributed by atoms with E-state index in [4.69, 9.17) is 4.74 Å². The van der Waals surface area contributed by atoms with Crippen LogP contribution in [0.5, 0.6) is 0 Å². The van der Waals surface area contributed by atoms with Gasteiger partial charge < -0.3 is 9.84 Å². The van der Waals surface area contributed by atoms with E-state index < -0.39 is 5.79 Å². The van der Waals surface area contributed by atoms with Crippen molar-refractivity contribution in [2.45, 2.75) is 39.1 Å². The minimum Gasteiger partial charge on any atom is -0.361 e. The molecule has 0 saturated heterocycles. The summed E-state index contributed by atoms with van der Waals surface area (Å²) in [5, 5.41) is 9.63. The summed E-state index contributed by atoms with van der Waals surface area (Å²) in [7, 11) is 0. The summed E-state index contributed by atoms with van der Waals surface area (Å²) in [4.78, 5) is 4.18. The molecule has 1 unspecified atom stereocenters. The normalized spacial score (nSPS) is 36.6. The van der Waals surface area contributed by atoms with Gasteiger partial charge in [0, 0.05) is 0 Å². The van der Waals surface area contributed by atoms with E-state index in [0.717, 1.165) is 0 Å². The second-order valence-electron chi connectivity index (χ2n) is 3.75. The van der Waals surface area contributed by atoms with Crippen molar-refractivity contribution in [3.63, 3.8) is 0 Å². The van der Waals surface area contributed by atoms with Crippen LogP contribution in [-0.2, 0) is 4.74 Å². The first-order valence-electron chi connectivity index (χ1n) is 3.78. The Morgan fingerprint density at radius 1 is 1.45 bits per heavy atom.